The Labute approximate surface area is 229 Å². The molecule has 5 rings (SSSR count). The smallest absolute Gasteiger partial charge is 0.416 e. The maximum absolute atomic E-state index is 13.7. The Morgan fingerprint density at radius 2 is 1.73 bits per heavy atom. The molecule has 0 aliphatic heterocycles. The number of ether oxygens (including phenoxy) is 1. The molecule has 0 fully saturated rings. The maximum atomic E-state index is 13.7. The highest BCUT2D eigenvalue weighted by atomic mass is 19.4. The average molecular weight is 545 g/mol. The predicted octanol–water partition coefficient (Wildman–Crippen LogP) is 7.56. The largest absolute Gasteiger partial charge is 0.449 e. The number of pyridine rings is 1. The zero-order valence-corrected chi connectivity index (χ0v) is 22.0. The fourth-order valence-electron chi connectivity index (χ4n) is 5.01. The second-order valence-corrected chi connectivity index (χ2v) is 10.0. The van der Waals surface area contributed by atoms with Gasteiger partial charge in [-0.1, -0.05) is 61.5 Å². The predicted molar refractivity (Wildman–Crippen MR) is 148 cm³/mol. The summed E-state index contributed by atoms with van der Waals surface area (Å²) >= 11 is 0. The molecule has 0 saturated heterocycles. The summed E-state index contributed by atoms with van der Waals surface area (Å²) in [7, 11) is 0. The number of carbonyl (C=O) groups is 2. The summed E-state index contributed by atoms with van der Waals surface area (Å²) in [5.41, 5.74) is 3.57. The van der Waals surface area contributed by atoms with E-state index in [4.69, 9.17) is 9.72 Å². The highest BCUT2D eigenvalue weighted by Gasteiger charge is 2.32. The Morgan fingerprint density at radius 3 is 2.48 bits per heavy atom. The SMILES string of the molecule is C[C@@H]1C/C(=C\c2ccccc2)c2nc3ccccc3c(C(=O)O[C@@H](C)C(=O)Nc3cccc(C(F)(F)F)c3)c2C1. The third kappa shape index (κ3) is 5.76. The molecule has 0 unspecified atom stereocenters. The number of alkyl halides is 3. The van der Waals surface area contributed by atoms with Crippen molar-refractivity contribution in [2.75, 3.05) is 5.32 Å². The number of para-hydroxylation sites is 1. The molecule has 0 bridgehead atoms. The molecular weight excluding hydrogens is 517 g/mol. The molecule has 1 aromatic heterocycles. The van der Waals surface area contributed by atoms with Crippen LogP contribution in [0.4, 0.5) is 18.9 Å². The first-order chi connectivity index (χ1) is 19.1. The van der Waals surface area contributed by atoms with Crippen LogP contribution < -0.4 is 5.32 Å². The topological polar surface area (TPSA) is 68.3 Å². The standard InChI is InChI=1S/C32H27F3N2O3/c1-19-15-22(17-21-9-4-3-5-10-21)29-26(16-19)28(25-13-6-7-14-27(25)37-29)31(39)40-20(2)30(38)36-24-12-8-11-23(18-24)32(33,34)35/h3-14,17-20H,15-16H2,1-2H3,(H,36,38)/b22-17+/t19-,20+/m1/s1. The number of halogens is 3. The van der Waals surface area contributed by atoms with Gasteiger partial charge in [-0.05, 0) is 72.7 Å². The van der Waals surface area contributed by atoms with E-state index in [2.05, 4.69) is 18.3 Å². The number of nitrogens with one attached hydrogen (secondary N) is 1. The van der Waals surface area contributed by atoms with Crippen LogP contribution in [0.3, 0.4) is 0 Å². The lowest BCUT2D eigenvalue weighted by Crippen LogP contribution is -2.31. The van der Waals surface area contributed by atoms with Crippen molar-refractivity contribution < 1.29 is 27.5 Å². The van der Waals surface area contributed by atoms with Crippen molar-refractivity contribution in [1.82, 2.24) is 4.98 Å². The van der Waals surface area contributed by atoms with E-state index in [9.17, 15) is 22.8 Å². The van der Waals surface area contributed by atoms with Gasteiger partial charge in [0.15, 0.2) is 6.10 Å². The molecule has 0 spiro atoms. The van der Waals surface area contributed by atoms with Gasteiger partial charge in [0.05, 0.1) is 22.3 Å². The molecule has 1 amide bonds. The molecule has 1 aliphatic rings. The lowest BCUT2D eigenvalue weighted by molar-refractivity contribution is -0.137. The first kappa shape index (κ1) is 27.1. The van der Waals surface area contributed by atoms with Gasteiger partial charge < -0.3 is 10.1 Å². The summed E-state index contributed by atoms with van der Waals surface area (Å²) in [6.07, 6.45) is -2.33. The second kappa shape index (κ2) is 11.0. The van der Waals surface area contributed by atoms with E-state index in [1.54, 1.807) is 6.07 Å². The Balaban J connectivity index is 1.47. The van der Waals surface area contributed by atoms with Crippen molar-refractivity contribution in [3.8, 4) is 0 Å². The maximum Gasteiger partial charge on any atom is 0.416 e. The van der Waals surface area contributed by atoms with Gasteiger partial charge in [0.2, 0.25) is 0 Å². The van der Waals surface area contributed by atoms with Crippen molar-refractivity contribution >= 4 is 40.1 Å². The first-order valence-corrected chi connectivity index (χ1v) is 13.0. The van der Waals surface area contributed by atoms with Gasteiger partial charge in [0.1, 0.15) is 0 Å². The third-order valence-corrected chi connectivity index (χ3v) is 6.87. The fraction of sp³-hybridized carbons (Fsp3) is 0.219. The number of aromatic nitrogens is 1. The van der Waals surface area contributed by atoms with Gasteiger partial charge in [0.25, 0.3) is 5.91 Å². The van der Waals surface area contributed by atoms with Crippen LogP contribution >= 0.6 is 0 Å². The average Bonchev–Trinajstić information content (AvgIpc) is 2.92. The van der Waals surface area contributed by atoms with Crippen LogP contribution in [0.1, 0.15) is 53.0 Å². The third-order valence-electron chi connectivity index (χ3n) is 6.87. The summed E-state index contributed by atoms with van der Waals surface area (Å²) in [6.45, 7) is 3.50. The molecule has 1 aliphatic carbocycles. The Bertz CT molecular complexity index is 1610. The monoisotopic (exact) mass is 544 g/mol. The molecular formula is C32H27F3N2O3. The van der Waals surface area contributed by atoms with E-state index < -0.39 is 29.7 Å². The molecule has 4 aromatic rings. The summed E-state index contributed by atoms with van der Waals surface area (Å²) < 4.78 is 44.8. The van der Waals surface area contributed by atoms with Crippen molar-refractivity contribution in [2.45, 2.75) is 39.0 Å². The number of esters is 1. The van der Waals surface area contributed by atoms with E-state index in [0.717, 1.165) is 40.9 Å². The second-order valence-electron chi connectivity index (χ2n) is 10.0. The molecule has 2 atom stereocenters. The minimum absolute atomic E-state index is 0.0426. The summed E-state index contributed by atoms with van der Waals surface area (Å²) in [5, 5.41) is 3.03. The number of anilines is 1. The zero-order chi connectivity index (χ0) is 28.4. The lowest BCUT2D eigenvalue weighted by atomic mass is 9.80. The Morgan fingerprint density at radius 1 is 1.00 bits per heavy atom. The van der Waals surface area contributed by atoms with E-state index in [1.807, 2.05) is 48.5 Å². The molecule has 1 N–H and O–H groups in total. The van der Waals surface area contributed by atoms with Gasteiger partial charge in [-0.15, -0.1) is 0 Å². The van der Waals surface area contributed by atoms with Crippen molar-refractivity contribution in [1.29, 1.82) is 0 Å². The number of hydrogen-bond acceptors (Lipinski definition) is 4. The molecule has 8 heteroatoms. The van der Waals surface area contributed by atoms with Gasteiger partial charge in [-0.25, -0.2) is 9.78 Å². The van der Waals surface area contributed by atoms with Crippen LogP contribution in [0.15, 0.2) is 78.9 Å². The number of carbonyl (C=O) groups excluding carboxylic acids is 2. The van der Waals surface area contributed by atoms with Gasteiger partial charge in [-0.3, -0.25) is 4.79 Å². The Kier molecular flexibility index (Phi) is 7.43. The highest BCUT2D eigenvalue weighted by molar-refractivity contribution is 6.07. The van der Waals surface area contributed by atoms with E-state index in [-0.39, 0.29) is 11.6 Å². The molecule has 0 saturated carbocycles. The molecule has 0 radical (unpaired) electrons. The molecule has 204 valence electrons. The fourth-order valence-corrected chi connectivity index (χ4v) is 5.01. The van der Waals surface area contributed by atoms with Crippen molar-refractivity contribution in [3.63, 3.8) is 0 Å². The molecule has 1 heterocycles. The lowest BCUT2D eigenvalue weighted by Gasteiger charge is -2.27. The number of rotatable bonds is 5. The van der Waals surface area contributed by atoms with Crippen LogP contribution in [0.5, 0.6) is 0 Å². The number of nitrogens with zero attached hydrogens (tertiary/aromatic N) is 1. The number of allylic oxidation sites excluding steroid dienone is 1. The Hall–Kier alpha value is -4.46. The number of benzene rings is 3. The van der Waals surface area contributed by atoms with Crippen LogP contribution in [-0.2, 0) is 22.1 Å². The first-order valence-electron chi connectivity index (χ1n) is 13.0. The van der Waals surface area contributed by atoms with Gasteiger partial charge >= 0.3 is 12.1 Å². The van der Waals surface area contributed by atoms with E-state index in [1.165, 1.54) is 19.1 Å². The van der Waals surface area contributed by atoms with Crippen LogP contribution in [0.2, 0.25) is 0 Å². The number of fused-ring (bicyclic) bond motifs is 2. The molecule has 40 heavy (non-hydrogen) atoms. The van der Waals surface area contributed by atoms with Crippen LogP contribution in [0, 0.1) is 5.92 Å². The quantitative estimate of drug-likeness (QED) is 0.263. The van der Waals surface area contributed by atoms with E-state index in [0.29, 0.717) is 22.9 Å². The normalized spacial score (nSPS) is 16.8. The zero-order valence-electron chi connectivity index (χ0n) is 22.0. The van der Waals surface area contributed by atoms with Crippen molar-refractivity contribution in [3.05, 3.63) is 107 Å². The summed E-state index contributed by atoms with van der Waals surface area (Å²) in [6, 6.07) is 21.5. The minimum atomic E-state index is -4.55. The van der Waals surface area contributed by atoms with E-state index >= 15 is 0 Å². The van der Waals surface area contributed by atoms with Crippen molar-refractivity contribution in [2.24, 2.45) is 5.92 Å². The van der Waals surface area contributed by atoms with Gasteiger partial charge in [0, 0.05) is 11.1 Å². The minimum Gasteiger partial charge on any atom is -0.449 e. The summed E-state index contributed by atoms with van der Waals surface area (Å²) in [5.74, 6) is -1.19. The number of hydrogen-bond donors (Lipinski definition) is 1. The molecule has 5 nitrogen and oxygen atoms in total. The highest BCUT2D eigenvalue weighted by Crippen LogP contribution is 2.39. The molecule has 3 aromatic carbocycles. The summed E-state index contributed by atoms with van der Waals surface area (Å²) in [4.78, 5) is 31.4. The van der Waals surface area contributed by atoms with Crippen LogP contribution in [-0.4, -0.2) is 23.0 Å². The van der Waals surface area contributed by atoms with Crippen LogP contribution in [0.25, 0.3) is 22.6 Å². The van der Waals surface area contributed by atoms with Gasteiger partial charge in [-0.2, -0.15) is 13.2 Å². The number of amides is 1.